The van der Waals surface area contributed by atoms with Crippen LogP contribution in [0.25, 0.3) is 0 Å². The normalized spacial score (nSPS) is 15.8. The first-order valence-electron chi connectivity index (χ1n) is 3.75. The molecule has 0 aromatic carbocycles. The summed E-state index contributed by atoms with van der Waals surface area (Å²) >= 11 is 0. The van der Waals surface area contributed by atoms with E-state index >= 15 is 0 Å². The first-order chi connectivity index (χ1) is 5.75. The molecule has 0 aromatic rings. The second kappa shape index (κ2) is 3.80. The molecule has 0 fully saturated rings. The molecule has 0 bridgehead atoms. The average Bonchev–Trinajstić information content (AvgIpc) is 2.05. The molecular weight excluding hydrogens is 158 g/mol. The number of esters is 1. The van der Waals surface area contributed by atoms with E-state index in [2.05, 4.69) is 5.32 Å². The Balaban J connectivity index is 2.72. The smallest absolute Gasteiger partial charge is 0.341 e. The first-order valence-corrected chi connectivity index (χ1v) is 3.75. The third-order valence-corrected chi connectivity index (χ3v) is 1.44. The van der Waals surface area contributed by atoms with Gasteiger partial charge in [-0.3, -0.25) is 0 Å². The summed E-state index contributed by atoms with van der Waals surface area (Å²) in [6.45, 7) is 2.32. The number of aliphatic hydroxyl groups is 1. The highest BCUT2D eigenvalue weighted by atomic mass is 16.5. The average molecular weight is 169 g/mol. The van der Waals surface area contributed by atoms with Gasteiger partial charge in [-0.15, -0.1) is 0 Å². The Morgan fingerprint density at radius 1 is 1.83 bits per heavy atom. The number of carbonyl (C=O) groups excluding carboxylic acids is 1. The van der Waals surface area contributed by atoms with E-state index < -0.39 is 5.97 Å². The number of carbonyl (C=O) groups is 1. The van der Waals surface area contributed by atoms with Gasteiger partial charge in [0.15, 0.2) is 0 Å². The van der Waals surface area contributed by atoms with Crippen LogP contribution in [0.1, 0.15) is 6.92 Å². The van der Waals surface area contributed by atoms with E-state index in [9.17, 15) is 9.90 Å². The molecule has 1 rings (SSSR count). The fourth-order valence-electron chi connectivity index (χ4n) is 0.884. The van der Waals surface area contributed by atoms with Crippen LogP contribution in [-0.4, -0.2) is 24.2 Å². The topological polar surface area (TPSA) is 58.6 Å². The van der Waals surface area contributed by atoms with E-state index in [1.165, 1.54) is 6.08 Å². The van der Waals surface area contributed by atoms with E-state index in [0.717, 1.165) is 0 Å². The second-order valence-electron chi connectivity index (χ2n) is 2.30. The highest BCUT2D eigenvalue weighted by molar-refractivity contribution is 5.92. The van der Waals surface area contributed by atoms with Crippen molar-refractivity contribution in [3.05, 3.63) is 23.6 Å². The standard InChI is InChI=1S/C8H11NO3/c1-2-12-8(11)6-3-4-9-5-7(6)10/h3-4,9-10H,2,5H2,1H3. The lowest BCUT2D eigenvalue weighted by atomic mass is 10.2. The van der Waals surface area contributed by atoms with Crippen LogP contribution in [0.15, 0.2) is 23.6 Å². The lowest BCUT2D eigenvalue weighted by molar-refractivity contribution is -0.138. The molecule has 2 N–H and O–H groups in total. The summed E-state index contributed by atoms with van der Waals surface area (Å²) < 4.78 is 4.72. The lowest BCUT2D eigenvalue weighted by Crippen LogP contribution is -2.20. The number of ether oxygens (including phenoxy) is 1. The maximum atomic E-state index is 11.1. The van der Waals surface area contributed by atoms with E-state index in [4.69, 9.17) is 4.74 Å². The zero-order valence-corrected chi connectivity index (χ0v) is 6.83. The van der Waals surface area contributed by atoms with E-state index in [0.29, 0.717) is 6.61 Å². The Morgan fingerprint density at radius 3 is 3.17 bits per heavy atom. The number of hydrogen-bond acceptors (Lipinski definition) is 4. The summed E-state index contributed by atoms with van der Waals surface area (Å²) in [7, 11) is 0. The summed E-state index contributed by atoms with van der Waals surface area (Å²) in [6, 6.07) is 0. The van der Waals surface area contributed by atoms with Gasteiger partial charge in [0, 0.05) is 0 Å². The van der Waals surface area contributed by atoms with Crippen molar-refractivity contribution in [3.8, 4) is 0 Å². The number of dihydropyridines is 1. The fourth-order valence-corrected chi connectivity index (χ4v) is 0.884. The Bertz CT molecular complexity index is 243. The zero-order chi connectivity index (χ0) is 8.97. The molecular formula is C8H11NO3. The minimum Gasteiger partial charge on any atom is -0.510 e. The predicted octanol–water partition coefficient (Wildman–Crippen LogP) is 0.479. The maximum Gasteiger partial charge on any atom is 0.341 e. The van der Waals surface area contributed by atoms with Crippen LogP contribution in [0.3, 0.4) is 0 Å². The van der Waals surface area contributed by atoms with E-state index in [-0.39, 0.29) is 17.9 Å². The van der Waals surface area contributed by atoms with Crippen molar-refractivity contribution in [3.63, 3.8) is 0 Å². The molecule has 66 valence electrons. The van der Waals surface area contributed by atoms with Crippen molar-refractivity contribution in [1.29, 1.82) is 0 Å². The van der Waals surface area contributed by atoms with Crippen molar-refractivity contribution in [2.24, 2.45) is 0 Å². The maximum absolute atomic E-state index is 11.1. The van der Waals surface area contributed by atoms with Gasteiger partial charge in [-0.05, 0) is 19.2 Å². The Kier molecular flexibility index (Phi) is 2.74. The van der Waals surface area contributed by atoms with Crippen LogP contribution in [0, 0.1) is 0 Å². The Hall–Kier alpha value is -1.45. The summed E-state index contributed by atoms with van der Waals surface area (Å²) in [5.41, 5.74) is 0.232. The molecule has 1 heterocycles. The van der Waals surface area contributed by atoms with Crippen molar-refractivity contribution >= 4 is 5.97 Å². The Labute approximate surface area is 70.5 Å². The van der Waals surface area contributed by atoms with Gasteiger partial charge < -0.3 is 15.2 Å². The largest absolute Gasteiger partial charge is 0.510 e. The molecule has 0 atom stereocenters. The van der Waals surface area contributed by atoms with Crippen LogP contribution in [-0.2, 0) is 9.53 Å². The van der Waals surface area contributed by atoms with Crippen LogP contribution in [0.4, 0.5) is 0 Å². The third-order valence-electron chi connectivity index (χ3n) is 1.44. The molecule has 0 radical (unpaired) electrons. The van der Waals surface area contributed by atoms with E-state index in [1.54, 1.807) is 13.1 Å². The molecule has 0 aliphatic carbocycles. The molecule has 4 nitrogen and oxygen atoms in total. The molecule has 12 heavy (non-hydrogen) atoms. The monoisotopic (exact) mass is 169 g/mol. The van der Waals surface area contributed by atoms with Crippen molar-refractivity contribution in [2.75, 3.05) is 13.2 Å². The van der Waals surface area contributed by atoms with Crippen LogP contribution >= 0.6 is 0 Å². The van der Waals surface area contributed by atoms with Crippen molar-refractivity contribution in [1.82, 2.24) is 5.32 Å². The van der Waals surface area contributed by atoms with Gasteiger partial charge >= 0.3 is 5.97 Å². The zero-order valence-electron chi connectivity index (χ0n) is 6.83. The van der Waals surface area contributed by atoms with Gasteiger partial charge in [0.05, 0.1) is 13.2 Å². The number of aliphatic hydroxyl groups excluding tert-OH is 1. The van der Waals surface area contributed by atoms with Gasteiger partial charge in [0.1, 0.15) is 11.3 Å². The molecule has 0 unspecified atom stereocenters. The molecule has 0 saturated heterocycles. The summed E-state index contributed by atoms with van der Waals surface area (Å²) in [6.07, 6.45) is 3.10. The minimum atomic E-state index is -0.479. The third kappa shape index (κ3) is 1.78. The minimum absolute atomic E-state index is 0.0240. The van der Waals surface area contributed by atoms with Gasteiger partial charge in [0.25, 0.3) is 0 Å². The number of hydrogen-bond donors (Lipinski definition) is 2. The number of rotatable bonds is 2. The van der Waals surface area contributed by atoms with Gasteiger partial charge in [-0.2, -0.15) is 0 Å². The highest BCUT2D eigenvalue weighted by Gasteiger charge is 2.15. The fraction of sp³-hybridized carbons (Fsp3) is 0.375. The molecule has 0 spiro atoms. The molecule has 1 aliphatic rings. The van der Waals surface area contributed by atoms with Crippen LogP contribution in [0.2, 0.25) is 0 Å². The van der Waals surface area contributed by atoms with Crippen molar-refractivity contribution in [2.45, 2.75) is 6.92 Å². The quantitative estimate of drug-likeness (QED) is 0.590. The van der Waals surface area contributed by atoms with Gasteiger partial charge in [-0.1, -0.05) is 0 Å². The number of nitrogens with one attached hydrogen (secondary N) is 1. The Morgan fingerprint density at radius 2 is 2.58 bits per heavy atom. The molecule has 0 aromatic heterocycles. The SMILES string of the molecule is CCOC(=O)C1=C(O)CNC=C1. The first kappa shape index (κ1) is 8.64. The van der Waals surface area contributed by atoms with Gasteiger partial charge in [-0.25, -0.2) is 4.79 Å². The molecule has 1 aliphatic heterocycles. The summed E-state index contributed by atoms with van der Waals surface area (Å²) in [4.78, 5) is 11.1. The highest BCUT2D eigenvalue weighted by Crippen LogP contribution is 2.08. The molecule has 4 heteroatoms. The summed E-state index contributed by atoms with van der Waals surface area (Å²) in [5, 5.41) is 12.0. The van der Waals surface area contributed by atoms with Gasteiger partial charge in [0.2, 0.25) is 0 Å². The van der Waals surface area contributed by atoms with Crippen LogP contribution < -0.4 is 5.32 Å². The predicted molar refractivity (Wildman–Crippen MR) is 43.4 cm³/mol. The van der Waals surface area contributed by atoms with Crippen LogP contribution in [0.5, 0.6) is 0 Å². The van der Waals surface area contributed by atoms with E-state index in [1.807, 2.05) is 0 Å². The van der Waals surface area contributed by atoms with Crippen molar-refractivity contribution < 1.29 is 14.6 Å². The second-order valence-corrected chi connectivity index (χ2v) is 2.30. The lowest BCUT2D eigenvalue weighted by Gasteiger charge is -2.10. The molecule has 0 amide bonds. The summed E-state index contributed by atoms with van der Waals surface area (Å²) in [5.74, 6) is -0.455. The molecule has 0 saturated carbocycles.